The summed E-state index contributed by atoms with van der Waals surface area (Å²) >= 11 is 1.43. The molecule has 0 saturated heterocycles. The van der Waals surface area contributed by atoms with E-state index in [2.05, 4.69) is 10.1 Å². The lowest BCUT2D eigenvalue weighted by molar-refractivity contribution is -0.140. The van der Waals surface area contributed by atoms with E-state index in [4.69, 9.17) is 4.74 Å². The van der Waals surface area contributed by atoms with Gasteiger partial charge in [0.25, 0.3) is 0 Å². The summed E-state index contributed by atoms with van der Waals surface area (Å²) in [5.41, 5.74) is 0. The van der Waals surface area contributed by atoms with Crippen LogP contribution >= 0.6 is 11.8 Å². The van der Waals surface area contributed by atoms with Crippen molar-refractivity contribution in [2.75, 3.05) is 26.6 Å². The monoisotopic (exact) mass is 263 g/mol. The van der Waals surface area contributed by atoms with Gasteiger partial charge in [-0.25, -0.2) is 0 Å². The molecular formula is C11H21NO4S. The van der Waals surface area contributed by atoms with Crippen LogP contribution in [-0.4, -0.2) is 49.7 Å². The normalized spacial score (nSPS) is 13.9. The molecule has 0 aliphatic carbocycles. The average Bonchev–Trinajstić information content (AvgIpc) is 2.26. The van der Waals surface area contributed by atoms with Crippen molar-refractivity contribution in [2.45, 2.75) is 31.6 Å². The quantitative estimate of drug-likeness (QED) is 0.657. The fraction of sp³-hybridized carbons (Fsp3) is 0.818. The molecule has 0 aromatic heterocycles. The van der Waals surface area contributed by atoms with Gasteiger partial charge >= 0.3 is 5.97 Å². The zero-order valence-electron chi connectivity index (χ0n) is 10.8. The Morgan fingerprint density at radius 1 is 1.29 bits per heavy atom. The second-order valence-corrected chi connectivity index (χ2v) is 5.25. The fourth-order valence-electron chi connectivity index (χ4n) is 1.20. The smallest absolute Gasteiger partial charge is 0.306 e. The summed E-state index contributed by atoms with van der Waals surface area (Å²) in [7, 11) is 2.95. The van der Waals surface area contributed by atoms with Crippen molar-refractivity contribution in [3.05, 3.63) is 0 Å². The molecule has 17 heavy (non-hydrogen) atoms. The first-order valence-corrected chi connectivity index (χ1v) is 6.51. The largest absolute Gasteiger partial charge is 0.469 e. The molecule has 6 heteroatoms. The van der Waals surface area contributed by atoms with Crippen LogP contribution in [0.4, 0.5) is 0 Å². The van der Waals surface area contributed by atoms with Crippen LogP contribution < -0.4 is 5.32 Å². The molecule has 2 atom stereocenters. The molecule has 0 saturated carbocycles. The number of carbonyl (C=O) groups is 2. The minimum absolute atomic E-state index is 0.00372. The van der Waals surface area contributed by atoms with Crippen LogP contribution in [0.15, 0.2) is 0 Å². The van der Waals surface area contributed by atoms with Crippen molar-refractivity contribution >= 4 is 23.6 Å². The second kappa shape index (κ2) is 9.30. The molecule has 1 N–H and O–H groups in total. The van der Waals surface area contributed by atoms with Crippen molar-refractivity contribution in [2.24, 2.45) is 0 Å². The maximum absolute atomic E-state index is 11.5. The molecule has 0 rings (SSSR count). The van der Waals surface area contributed by atoms with Gasteiger partial charge in [-0.15, -0.1) is 11.8 Å². The summed E-state index contributed by atoms with van der Waals surface area (Å²) in [6, 6.07) is 0.00372. The fourth-order valence-corrected chi connectivity index (χ4v) is 1.98. The number of ether oxygens (including phenoxy) is 2. The average molecular weight is 263 g/mol. The summed E-state index contributed by atoms with van der Waals surface area (Å²) in [6.45, 7) is 4.27. The number of esters is 1. The number of rotatable bonds is 8. The van der Waals surface area contributed by atoms with E-state index < -0.39 is 0 Å². The molecule has 0 heterocycles. The van der Waals surface area contributed by atoms with Crippen molar-refractivity contribution in [3.63, 3.8) is 0 Å². The first-order chi connectivity index (χ1) is 7.99. The molecule has 0 bridgehead atoms. The Kier molecular flexibility index (Phi) is 8.89. The summed E-state index contributed by atoms with van der Waals surface area (Å²) in [6.07, 6.45) is 0.321. The van der Waals surface area contributed by atoms with Crippen molar-refractivity contribution < 1.29 is 19.1 Å². The molecular weight excluding hydrogens is 242 g/mol. The SMILES string of the molecule is COCC(C)NC(=O)CSC(C)CC(=O)OC. The molecule has 2 unspecified atom stereocenters. The van der Waals surface area contributed by atoms with Gasteiger partial charge in [0, 0.05) is 18.4 Å². The van der Waals surface area contributed by atoms with Crippen molar-refractivity contribution in [1.82, 2.24) is 5.32 Å². The predicted molar refractivity (Wildman–Crippen MR) is 68.0 cm³/mol. The van der Waals surface area contributed by atoms with Gasteiger partial charge in [0.1, 0.15) is 0 Å². The van der Waals surface area contributed by atoms with Crippen LogP contribution in [0.5, 0.6) is 0 Å². The van der Waals surface area contributed by atoms with Gasteiger partial charge in [-0.1, -0.05) is 6.92 Å². The van der Waals surface area contributed by atoms with Crippen LogP contribution in [-0.2, 0) is 19.1 Å². The van der Waals surface area contributed by atoms with E-state index in [1.54, 1.807) is 7.11 Å². The first-order valence-electron chi connectivity index (χ1n) is 5.46. The second-order valence-electron chi connectivity index (χ2n) is 3.83. The lowest BCUT2D eigenvalue weighted by Gasteiger charge is -2.14. The molecule has 0 aromatic rings. The number of hydrogen-bond donors (Lipinski definition) is 1. The molecule has 5 nitrogen and oxygen atoms in total. The molecule has 0 radical (unpaired) electrons. The Hall–Kier alpha value is -0.750. The Morgan fingerprint density at radius 3 is 2.47 bits per heavy atom. The Labute approximate surface area is 107 Å². The van der Waals surface area contributed by atoms with Crippen LogP contribution in [0.25, 0.3) is 0 Å². The van der Waals surface area contributed by atoms with E-state index in [1.165, 1.54) is 18.9 Å². The maximum atomic E-state index is 11.5. The van der Waals surface area contributed by atoms with E-state index in [9.17, 15) is 9.59 Å². The number of hydrogen-bond acceptors (Lipinski definition) is 5. The Balaban J connectivity index is 3.72. The predicted octanol–water partition coefficient (Wildman–Crippen LogP) is 0.822. The Morgan fingerprint density at radius 2 is 1.94 bits per heavy atom. The van der Waals surface area contributed by atoms with E-state index in [0.29, 0.717) is 18.8 Å². The molecule has 0 aliphatic heterocycles. The Bertz CT molecular complexity index is 248. The highest BCUT2D eigenvalue weighted by molar-refractivity contribution is 8.00. The third-order valence-electron chi connectivity index (χ3n) is 2.00. The molecule has 0 spiro atoms. The zero-order chi connectivity index (χ0) is 13.3. The number of carbonyl (C=O) groups excluding carboxylic acids is 2. The standard InChI is InChI=1S/C11H21NO4S/c1-8(6-15-3)12-10(13)7-17-9(2)5-11(14)16-4/h8-9H,5-7H2,1-4H3,(H,12,13). The lowest BCUT2D eigenvalue weighted by Crippen LogP contribution is -2.37. The van der Waals surface area contributed by atoms with Crippen LogP contribution in [0.1, 0.15) is 20.3 Å². The van der Waals surface area contributed by atoms with Crippen LogP contribution in [0.2, 0.25) is 0 Å². The van der Waals surface area contributed by atoms with Gasteiger partial charge in [0.2, 0.25) is 5.91 Å². The van der Waals surface area contributed by atoms with Gasteiger partial charge in [-0.3, -0.25) is 9.59 Å². The summed E-state index contributed by atoms with van der Waals surface area (Å²) in [4.78, 5) is 22.5. The summed E-state index contributed by atoms with van der Waals surface area (Å²) < 4.78 is 9.47. The molecule has 100 valence electrons. The van der Waals surface area contributed by atoms with Gasteiger partial charge in [-0.05, 0) is 6.92 Å². The summed E-state index contributed by atoms with van der Waals surface area (Å²) in [5.74, 6) is 0.0427. The highest BCUT2D eigenvalue weighted by Crippen LogP contribution is 2.14. The number of nitrogens with one attached hydrogen (secondary N) is 1. The highest BCUT2D eigenvalue weighted by Gasteiger charge is 2.13. The summed E-state index contributed by atoms with van der Waals surface area (Å²) in [5, 5.41) is 2.88. The van der Waals surface area contributed by atoms with Gasteiger partial charge < -0.3 is 14.8 Å². The zero-order valence-corrected chi connectivity index (χ0v) is 11.6. The molecule has 0 fully saturated rings. The lowest BCUT2D eigenvalue weighted by atomic mass is 10.3. The minimum atomic E-state index is -0.252. The van der Waals surface area contributed by atoms with Crippen LogP contribution in [0, 0.1) is 0 Å². The van der Waals surface area contributed by atoms with Gasteiger partial charge in [0.15, 0.2) is 0 Å². The van der Waals surface area contributed by atoms with Gasteiger partial charge in [0.05, 0.1) is 25.9 Å². The number of methoxy groups -OCH3 is 2. The number of thioether (sulfide) groups is 1. The van der Waals surface area contributed by atoms with E-state index >= 15 is 0 Å². The first kappa shape index (κ1) is 16.2. The maximum Gasteiger partial charge on any atom is 0.306 e. The van der Waals surface area contributed by atoms with Crippen molar-refractivity contribution in [3.8, 4) is 0 Å². The third-order valence-corrected chi connectivity index (χ3v) is 3.17. The minimum Gasteiger partial charge on any atom is -0.469 e. The third kappa shape index (κ3) is 9.00. The van der Waals surface area contributed by atoms with Crippen LogP contribution in [0.3, 0.4) is 0 Å². The number of amides is 1. The topological polar surface area (TPSA) is 64.6 Å². The molecule has 0 aliphatic rings. The van der Waals surface area contributed by atoms with E-state index in [-0.39, 0.29) is 23.2 Å². The van der Waals surface area contributed by atoms with E-state index in [1.807, 2.05) is 13.8 Å². The molecule has 0 aromatic carbocycles. The van der Waals surface area contributed by atoms with E-state index in [0.717, 1.165) is 0 Å². The molecule has 1 amide bonds. The van der Waals surface area contributed by atoms with Gasteiger partial charge in [-0.2, -0.15) is 0 Å². The van der Waals surface area contributed by atoms with Crippen molar-refractivity contribution in [1.29, 1.82) is 0 Å². The highest BCUT2D eigenvalue weighted by atomic mass is 32.2.